The summed E-state index contributed by atoms with van der Waals surface area (Å²) in [5, 5.41) is 10.5. The fourth-order valence-corrected chi connectivity index (χ4v) is 2.65. The molecule has 0 aromatic carbocycles. The van der Waals surface area contributed by atoms with Crippen molar-refractivity contribution in [3.63, 3.8) is 0 Å². The van der Waals surface area contributed by atoms with Gasteiger partial charge in [0.2, 0.25) is 0 Å². The SMILES string of the molecule is O=[N+]([O-])c1c(C(F)F)cc(I)nc1I. The van der Waals surface area contributed by atoms with Gasteiger partial charge in [-0.1, -0.05) is 0 Å². The van der Waals surface area contributed by atoms with Gasteiger partial charge in [-0.05, 0) is 51.2 Å². The third-order valence-electron chi connectivity index (χ3n) is 1.37. The summed E-state index contributed by atoms with van der Waals surface area (Å²) in [6, 6.07) is 1.02. The molecule has 0 unspecified atom stereocenters. The second kappa shape index (κ2) is 4.59. The molecule has 0 amide bonds. The van der Waals surface area contributed by atoms with Crippen LogP contribution in [0.2, 0.25) is 0 Å². The van der Waals surface area contributed by atoms with Crippen molar-refractivity contribution in [2.75, 3.05) is 0 Å². The number of alkyl halides is 2. The number of hydrogen-bond acceptors (Lipinski definition) is 3. The zero-order chi connectivity index (χ0) is 10.9. The molecule has 0 aliphatic heterocycles. The van der Waals surface area contributed by atoms with E-state index in [9.17, 15) is 18.9 Å². The standard InChI is InChI=1S/C6H2F2I2N2O2/c7-5(8)2-1-3(9)11-6(10)4(2)12(13)14/h1,5H. The van der Waals surface area contributed by atoms with Crippen molar-refractivity contribution in [3.05, 3.63) is 29.1 Å². The van der Waals surface area contributed by atoms with Gasteiger partial charge in [-0.2, -0.15) is 0 Å². The Balaban J connectivity index is 3.44. The van der Waals surface area contributed by atoms with Gasteiger partial charge in [0.15, 0.2) is 3.70 Å². The molecule has 76 valence electrons. The van der Waals surface area contributed by atoms with Gasteiger partial charge in [-0.25, -0.2) is 13.8 Å². The zero-order valence-corrected chi connectivity index (χ0v) is 10.7. The third-order valence-corrected chi connectivity index (χ3v) is 2.67. The first-order chi connectivity index (χ1) is 6.43. The van der Waals surface area contributed by atoms with E-state index in [0.29, 0.717) is 3.70 Å². The summed E-state index contributed by atoms with van der Waals surface area (Å²) in [5.74, 6) is 0. The Hall–Kier alpha value is -0.130. The van der Waals surface area contributed by atoms with E-state index in [0.717, 1.165) is 6.07 Å². The molecule has 0 atom stereocenters. The molecule has 0 saturated carbocycles. The fraction of sp³-hybridized carbons (Fsp3) is 0.167. The first kappa shape index (κ1) is 11.9. The molecule has 0 bridgehead atoms. The van der Waals surface area contributed by atoms with E-state index in [-0.39, 0.29) is 3.70 Å². The maximum atomic E-state index is 12.4. The Bertz CT molecular complexity index is 386. The minimum absolute atomic E-state index is 0.0187. The molecule has 1 heterocycles. The molecule has 0 radical (unpaired) electrons. The van der Waals surface area contributed by atoms with Gasteiger partial charge in [-0.3, -0.25) is 10.1 Å². The zero-order valence-electron chi connectivity index (χ0n) is 6.38. The topological polar surface area (TPSA) is 56.0 Å². The summed E-state index contributed by atoms with van der Waals surface area (Å²) >= 11 is 3.30. The summed E-state index contributed by atoms with van der Waals surface area (Å²) in [4.78, 5) is 13.4. The van der Waals surface area contributed by atoms with Crippen LogP contribution in [0, 0.1) is 17.5 Å². The normalized spacial score (nSPS) is 10.6. The van der Waals surface area contributed by atoms with Crippen LogP contribution in [-0.4, -0.2) is 9.91 Å². The smallest absolute Gasteiger partial charge is 0.258 e. The number of rotatable bonds is 2. The summed E-state index contributed by atoms with van der Waals surface area (Å²) in [7, 11) is 0. The summed E-state index contributed by atoms with van der Waals surface area (Å²) in [5.41, 5.74) is -1.19. The lowest BCUT2D eigenvalue weighted by Crippen LogP contribution is -2.02. The molecule has 1 aromatic rings. The van der Waals surface area contributed by atoms with Gasteiger partial charge >= 0.3 is 5.69 Å². The molecular formula is C6H2F2I2N2O2. The van der Waals surface area contributed by atoms with Crippen LogP contribution in [0.5, 0.6) is 0 Å². The van der Waals surface area contributed by atoms with Gasteiger partial charge in [0.25, 0.3) is 6.43 Å². The van der Waals surface area contributed by atoms with E-state index in [4.69, 9.17) is 0 Å². The Kier molecular flexibility index (Phi) is 3.92. The first-order valence-corrected chi connectivity index (χ1v) is 5.37. The number of halogens is 4. The van der Waals surface area contributed by atoms with Crippen molar-refractivity contribution >= 4 is 50.9 Å². The monoisotopic (exact) mass is 426 g/mol. The van der Waals surface area contributed by atoms with Crippen molar-refractivity contribution in [3.8, 4) is 0 Å². The second-order valence-corrected chi connectivity index (χ2v) is 4.36. The molecule has 0 fully saturated rings. The highest BCUT2D eigenvalue weighted by Gasteiger charge is 2.26. The minimum Gasteiger partial charge on any atom is -0.258 e. The number of aromatic nitrogens is 1. The Morgan fingerprint density at radius 1 is 1.50 bits per heavy atom. The van der Waals surface area contributed by atoms with Crippen LogP contribution in [0.1, 0.15) is 12.0 Å². The molecule has 4 nitrogen and oxygen atoms in total. The van der Waals surface area contributed by atoms with Crippen molar-refractivity contribution < 1.29 is 13.7 Å². The molecule has 0 spiro atoms. The molecule has 0 aliphatic carbocycles. The highest BCUT2D eigenvalue weighted by molar-refractivity contribution is 14.1. The van der Waals surface area contributed by atoms with Gasteiger partial charge in [-0.15, -0.1) is 0 Å². The third kappa shape index (κ3) is 2.46. The van der Waals surface area contributed by atoms with Crippen molar-refractivity contribution in [2.24, 2.45) is 0 Å². The summed E-state index contributed by atoms with van der Waals surface area (Å²) in [6.45, 7) is 0. The van der Waals surface area contributed by atoms with E-state index in [2.05, 4.69) is 4.98 Å². The predicted octanol–water partition coefficient (Wildman–Crippen LogP) is 3.14. The van der Waals surface area contributed by atoms with Crippen LogP contribution >= 0.6 is 45.2 Å². The molecule has 8 heteroatoms. The van der Waals surface area contributed by atoms with Crippen LogP contribution in [0.3, 0.4) is 0 Å². The van der Waals surface area contributed by atoms with Gasteiger partial charge in [0.05, 0.1) is 4.92 Å². The predicted molar refractivity (Wildman–Crippen MR) is 61.3 cm³/mol. The highest BCUT2D eigenvalue weighted by Crippen LogP contribution is 2.32. The minimum atomic E-state index is -2.86. The van der Waals surface area contributed by atoms with Crippen molar-refractivity contribution in [1.82, 2.24) is 4.98 Å². The lowest BCUT2D eigenvalue weighted by Gasteiger charge is -2.03. The number of nitro groups is 1. The molecule has 0 aliphatic rings. The van der Waals surface area contributed by atoms with Crippen molar-refractivity contribution in [1.29, 1.82) is 0 Å². The molecule has 1 rings (SSSR count). The van der Waals surface area contributed by atoms with E-state index in [1.807, 2.05) is 0 Å². The van der Waals surface area contributed by atoms with Crippen LogP contribution in [0.4, 0.5) is 14.5 Å². The molecule has 14 heavy (non-hydrogen) atoms. The van der Waals surface area contributed by atoms with E-state index >= 15 is 0 Å². The maximum Gasteiger partial charge on any atom is 0.309 e. The highest BCUT2D eigenvalue weighted by atomic mass is 127. The lowest BCUT2D eigenvalue weighted by molar-refractivity contribution is -0.387. The average Bonchev–Trinajstić information content (AvgIpc) is 2.01. The molecule has 0 saturated heterocycles. The Morgan fingerprint density at radius 3 is 2.50 bits per heavy atom. The summed E-state index contributed by atoms with van der Waals surface area (Å²) < 4.78 is 25.1. The van der Waals surface area contributed by atoms with Gasteiger partial charge in [0, 0.05) is 0 Å². The lowest BCUT2D eigenvalue weighted by atomic mass is 10.2. The average molecular weight is 426 g/mol. The first-order valence-electron chi connectivity index (χ1n) is 3.22. The van der Waals surface area contributed by atoms with E-state index < -0.39 is 22.6 Å². The second-order valence-electron chi connectivity index (χ2n) is 2.23. The molecular weight excluding hydrogens is 424 g/mol. The van der Waals surface area contributed by atoms with Crippen LogP contribution in [0.15, 0.2) is 6.07 Å². The number of pyridine rings is 1. The van der Waals surface area contributed by atoms with Gasteiger partial charge in [0.1, 0.15) is 9.26 Å². The number of hydrogen-bond donors (Lipinski definition) is 0. The summed E-state index contributed by atoms with van der Waals surface area (Å²) in [6.07, 6.45) is -2.86. The molecule has 1 aromatic heterocycles. The van der Waals surface area contributed by atoms with E-state index in [1.165, 1.54) is 0 Å². The van der Waals surface area contributed by atoms with Crippen molar-refractivity contribution in [2.45, 2.75) is 6.43 Å². The van der Waals surface area contributed by atoms with Crippen LogP contribution in [-0.2, 0) is 0 Å². The fourth-order valence-electron chi connectivity index (χ4n) is 0.842. The number of nitrogens with zero attached hydrogens (tertiary/aromatic N) is 2. The Morgan fingerprint density at radius 2 is 2.07 bits per heavy atom. The molecule has 0 N–H and O–H groups in total. The quantitative estimate of drug-likeness (QED) is 0.316. The Labute approximate surface area is 105 Å². The van der Waals surface area contributed by atoms with Crippen LogP contribution in [0.25, 0.3) is 0 Å². The van der Waals surface area contributed by atoms with Crippen LogP contribution < -0.4 is 0 Å². The largest absolute Gasteiger partial charge is 0.309 e. The van der Waals surface area contributed by atoms with E-state index in [1.54, 1.807) is 45.2 Å². The maximum absolute atomic E-state index is 12.4. The van der Waals surface area contributed by atoms with Gasteiger partial charge < -0.3 is 0 Å².